The first-order valence-corrected chi connectivity index (χ1v) is 5.51. The summed E-state index contributed by atoms with van der Waals surface area (Å²) in [6.45, 7) is 1.62. The highest BCUT2D eigenvalue weighted by Gasteiger charge is 2.01. The van der Waals surface area contributed by atoms with Gasteiger partial charge in [0, 0.05) is 12.7 Å². The number of benzene rings is 1. The predicted molar refractivity (Wildman–Crippen MR) is 66.4 cm³/mol. The van der Waals surface area contributed by atoms with Gasteiger partial charge in [-0.3, -0.25) is 4.68 Å². The summed E-state index contributed by atoms with van der Waals surface area (Å²) < 4.78 is 3.96. The first-order valence-electron chi connectivity index (χ1n) is 5.51. The zero-order valence-corrected chi connectivity index (χ0v) is 9.32. The maximum atomic E-state index is 5.62. The topological polar surface area (TPSA) is 61.7 Å². The molecule has 3 aromatic rings. The summed E-state index contributed by atoms with van der Waals surface area (Å²) in [7, 11) is 0. The molecule has 0 aliphatic rings. The summed E-state index contributed by atoms with van der Waals surface area (Å²) >= 11 is 0. The zero-order valence-electron chi connectivity index (χ0n) is 9.32. The van der Waals surface area contributed by atoms with Gasteiger partial charge in [0.2, 0.25) is 0 Å². The van der Waals surface area contributed by atoms with E-state index in [2.05, 4.69) is 20.7 Å². The third-order valence-electron chi connectivity index (χ3n) is 2.75. The fourth-order valence-corrected chi connectivity index (χ4v) is 1.90. The van der Waals surface area contributed by atoms with Crippen molar-refractivity contribution < 1.29 is 0 Å². The van der Waals surface area contributed by atoms with E-state index < -0.39 is 0 Å². The summed E-state index contributed by atoms with van der Waals surface area (Å²) in [5.74, 6) is 0. The Kier molecular flexibility index (Phi) is 2.29. The second-order valence-corrected chi connectivity index (χ2v) is 3.96. The molecule has 2 aromatic heterocycles. The zero-order chi connectivity index (χ0) is 11.7. The molecule has 0 unspecified atom stereocenters. The van der Waals surface area contributed by atoms with Crippen molar-refractivity contribution in [3.63, 3.8) is 0 Å². The van der Waals surface area contributed by atoms with Gasteiger partial charge >= 0.3 is 0 Å². The first kappa shape index (κ1) is 9.89. The Labute approximate surface area is 98.5 Å². The van der Waals surface area contributed by atoms with Gasteiger partial charge in [0.15, 0.2) is 0 Å². The van der Waals surface area contributed by atoms with E-state index in [0.717, 1.165) is 24.1 Å². The number of hydrogen-bond acceptors (Lipinski definition) is 3. The normalized spacial score (nSPS) is 11.1. The third-order valence-corrected chi connectivity index (χ3v) is 2.75. The SMILES string of the molecule is Nc1cnn(CCn2cnc3ccccc32)c1. The Morgan fingerprint density at radius 2 is 2.06 bits per heavy atom. The van der Waals surface area contributed by atoms with E-state index >= 15 is 0 Å². The highest BCUT2D eigenvalue weighted by molar-refractivity contribution is 5.74. The fourth-order valence-electron chi connectivity index (χ4n) is 1.90. The molecule has 3 rings (SSSR count). The Morgan fingerprint density at radius 3 is 2.88 bits per heavy atom. The maximum Gasteiger partial charge on any atom is 0.0958 e. The van der Waals surface area contributed by atoms with Crippen LogP contribution in [0, 0.1) is 0 Å². The number of imidazole rings is 1. The predicted octanol–water partition coefficient (Wildman–Crippen LogP) is 1.52. The molecule has 0 radical (unpaired) electrons. The van der Waals surface area contributed by atoms with Gasteiger partial charge in [-0.25, -0.2) is 4.98 Å². The summed E-state index contributed by atoms with van der Waals surface area (Å²) in [5, 5.41) is 4.15. The number of fused-ring (bicyclic) bond motifs is 1. The van der Waals surface area contributed by atoms with Gasteiger partial charge in [0.1, 0.15) is 0 Å². The quantitative estimate of drug-likeness (QED) is 0.737. The monoisotopic (exact) mass is 227 g/mol. The number of nitrogens with zero attached hydrogens (tertiary/aromatic N) is 4. The number of aromatic nitrogens is 4. The van der Waals surface area contributed by atoms with Crippen LogP contribution in [-0.4, -0.2) is 19.3 Å². The number of rotatable bonds is 3. The lowest BCUT2D eigenvalue weighted by molar-refractivity contribution is 0.541. The van der Waals surface area contributed by atoms with Crippen LogP contribution in [-0.2, 0) is 13.1 Å². The summed E-state index contributed by atoms with van der Waals surface area (Å²) in [5.41, 5.74) is 8.48. The number of nitrogen functional groups attached to an aromatic ring is 1. The van der Waals surface area contributed by atoms with Crippen molar-refractivity contribution in [3.05, 3.63) is 43.0 Å². The van der Waals surface area contributed by atoms with E-state index in [9.17, 15) is 0 Å². The first-order chi connectivity index (χ1) is 8.33. The average molecular weight is 227 g/mol. The Morgan fingerprint density at radius 1 is 1.18 bits per heavy atom. The summed E-state index contributed by atoms with van der Waals surface area (Å²) in [4.78, 5) is 4.34. The molecular weight excluding hydrogens is 214 g/mol. The van der Waals surface area contributed by atoms with Crippen molar-refractivity contribution in [2.75, 3.05) is 5.73 Å². The van der Waals surface area contributed by atoms with E-state index in [1.165, 1.54) is 0 Å². The van der Waals surface area contributed by atoms with Crippen LogP contribution in [0.3, 0.4) is 0 Å². The van der Waals surface area contributed by atoms with Crippen molar-refractivity contribution in [3.8, 4) is 0 Å². The van der Waals surface area contributed by atoms with Gasteiger partial charge in [-0.2, -0.15) is 5.10 Å². The molecule has 0 saturated heterocycles. The highest BCUT2D eigenvalue weighted by Crippen LogP contribution is 2.11. The number of para-hydroxylation sites is 2. The molecule has 0 saturated carbocycles. The van der Waals surface area contributed by atoms with Gasteiger partial charge in [-0.1, -0.05) is 12.1 Å². The average Bonchev–Trinajstić information content (AvgIpc) is 2.93. The number of anilines is 1. The maximum absolute atomic E-state index is 5.62. The lowest BCUT2D eigenvalue weighted by Crippen LogP contribution is -2.06. The van der Waals surface area contributed by atoms with E-state index in [4.69, 9.17) is 5.73 Å². The van der Waals surface area contributed by atoms with E-state index in [1.807, 2.05) is 35.4 Å². The van der Waals surface area contributed by atoms with Crippen molar-refractivity contribution in [1.29, 1.82) is 0 Å². The van der Waals surface area contributed by atoms with E-state index in [1.54, 1.807) is 6.20 Å². The Hall–Kier alpha value is -2.30. The molecule has 17 heavy (non-hydrogen) atoms. The second-order valence-electron chi connectivity index (χ2n) is 3.96. The number of nitrogens with two attached hydrogens (primary N) is 1. The van der Waals surface area contributed by atoms with Crippen LogP contribution in [0.1, 0.15) is 0 Å². The molecule has 0 bridgehead atoms. The van der Waals surface area contributed by atoms with Gasteiger partial charge in [-0.15, -0.1) is 0 Å². The summed E-state index contributed by atoms with van der Waals surface area (Å²) in [6.07, 6.45) is 5.35. The van der Waals surface area contributed by atoms with Crippen LogP contribution in [0.4, 0.5) is 5.69 Å². The molecule has 0 aliphatic heterocycles. The molecule has 0 atom stereocenters. The molecular formula is C12H13N5. The molecule has 86 valence electrons. The van der Waals surface area contributed by atoms with E-state index in [-0.39, 0.29) is 0 Å². The smallest absolute Gasteiger partial charge is 0.0958 e. The number of aryl methyl sites for hydroxylation is 2. The molecule has 0 spiro atoms. The molecule has 1 aromatic carbocycles. The molecule has 5 heteroatoms. The third kappa shape index (κ3) is 1.87. The highest BCUT2D eigenvalue weighted by atomic mass is 15.3. The van der Waals surface area contributed by atoms with Crippen LogP contribution in [0.25, 0.3) is 11.0 Å². The molecule has 0 amide bonds. The Balaban J connectivity index is 1.81. The molecule has 2 N–H and O–H groups in total. The lowest BCUT2D eigenvalue weighted by Gasteiger charge is -2.04. The van der Waals surface area contributed by atoms with Crippen LogP contribution in [0.15, 0.2) is 43.0 Å². The van der Waals surface area contributed by atoms with Gasteiger partial charge < -0.3 is 10.3 Å². The fraction of sp³-hybridized carbons (Fsp3) is 0.167. The molecule has 0 aliphatic carbocycles. The van der Waals surface area contributed by atoms with Crippen molar-refractivity contribution >= 4 is 16.7 Å². The van der Waals surface area contributed by atoms with E-state index in [0.29, 0.717) is 5.69 Å². The standard InChI is InChI=1S/C12H13N5/c13-10-7-15-17(8-10)6-5-16-9-14-11-3-1-2-4-12(11)16/h1-4,7-9H,5-6,13H2. The molecule has 0 fully saturated rings. The van der Waals surface area contributed by atoms with Crippen LogP contribution >= 0.6 is 0 Å². The minimum atomic E-state index is 0.695. The molecule has 5 nitrogen and oxygen atoms in total. The van der Waals surface area contributed by atoms with Gasteiger partial charge in [-0.05, 0) is 12.1 Å². The molecule has 2 heterocycles. The van der Waals surface area contributed by atoms with Crippen molar-refractivity contribution in [2.24, 2.45) is 0 Å². The van der Waals surface area contributed by atoms with Crippen LogP contribution in [0.5, 0.6) is 0 Å². The minimum Gasteiger partial charge on any atom is -0.396 e. The van der Waals surface area contributed by atoms with Gasteiger partial charge in [0.25, 0.3) is 0 Å². The second kappa shape index (κ2) is 3.93. The summed E-state index contributed by atoms with van der Waals surface area (Å²) in [6, 6.07) is 8.10. The van der Waals surface area contributed by atoms with Crippen molar-refractivity contribution in [2.45, 2.75) is 13.1 Å². The van der Waals surface area contributed by atoms with Crippen molar-refractivity contribution in [1.82, 2.24) is 19.3 Å². The van der Waals surface area contributed by atoms with Crippen LogP contribution < -0.4 is 5.73 Å². The van der Waals surface area contributed by atoms with Crippen LogP contribution in [0.2, 0.25) is 0 Å². The Bertz CT molecular complexity index is 637. The lowest BCUT2D eigenvalue weighted by atomic mass is 10.3. The van der Waals surface area contributed by atoms with Gasteiger partial charge in [0.05, 0.1) is 35.8 Å². The number of hydrogen-bond donors (Lipinski definition) is 1. The largest absolute Gasteiger partial charge is 0.396 e. The minimum absolute atomic E-state index is 0.695.